The van der Waals surface area contributed by atoms with E-state index in [1.54, 1.807) is 4.90 Å². The SMILES string of the molecule is CCCCC(N)C(=O)N1CCOC(CC(=O)O)C1. The first kappa shape index (κ1) is 14.9. The number of ether oxygens (including phenoxy) is 1. The van der Waals surface area contributed by atoms with Gasteiger partial charge in [0.15, 0.2) is 0 Å². The average molecular weight is 258 g/mol. The Morgan fingerprint density at radius 2 is 2.28 bits per heavy atom. The van der Waals surface area contributed by atoms with Gasteiger partial charge in [-0.05, 0) is 6.42 Å². The molecule has 0 aliphatic carbocycles. The highest BCUT2D eigenvalue weighted by Crippen LogP contribution is 2.11. The van der Waals surface area contributed by atoms with E-state index in [-0.39, 0.29) is 12.3 Å². The van der Waals surface area contributed by atoms with Crippen LogP contribution in [-0.4, -0.2) is 53.7 Å². The summed E-state index contributed by atoms with van der Waals surface area (Å²) in [5.74, 6) is -1.01. The van der Waals surface area contributed by atoms with Crippen molar-refractivity contribution < 1.29 is 19.4 Å². The smallest absolute Gasteiger partial charge is 0.306 e. The van der Waals surface area contributed by atoms with Crippen LogP contribution in [-0.2, 0) is 14.3 Å². The van der Waals surface area contributed by atoms with E-state index in [9.17, 15) is 9.59 Å². The maximum Gasteiger partial charge on any atom is 0.306 e. The summed E-state index contributed by atoms with van der Waals surface area (Å²) in [6, 6.07) is -0.478. The highest BCUT2D eigenvalue weighted by Gasteiger charge is 2.28. The van der Waals surface area contributed by atoms with E-state index in [1.165, 1.54) is 0 Å². The van der Waals surface area contributed by atoms with E-state index in [4.69, 9.17) is 15.6 Å². The normalized spacial score (nSPS) is 21.7. The van der Waals surface area contributed by atoms with Crippen LogP contribution >= 0.6 is 0 Å². The Kier molecular flexibility index (Phi) is 6.07. The molecule has 0 aromatic heterocycles. The Bertz CT molecular complexity index is 296. The van der Waals surface area contributed by atoms with Gasteiger partial charge in [-0.2, -0.15) is 0 Å². The molecule has 1 aliphatic heterocycles. The number of amides is 1. The molecular formula is C12H22N2O4. The van der Waals surface area contributed by atoms with Crippen LogP contribution in [0.3, 0.4) is 0 Å². The van der Waals surface area contributed by atoms with E-state index in [0.717, 1.165) is 12.8 Å². The van der Waals surface area contributed by atoms with Crippen molar-refractivity contribution in [1.82, 2.24) is 4.90 Å². The molecule has 1 amide bonds. The van der Waals surface area contributed by atoms with Crippen molar-refractivity contribution >= 4 is 11.9 Å². The first-order valence-corrected chi connectivity index (χ1v) is 6.42. The monoisotopic (exact) mass is 258 g/mol. The van der Waals surface area contributed by atoms with Crippen molar-refractivity contribution in [3.63, 3.8) is 0 Å². The van der Waals surface area contributed by atoms with Gasteiger partial charge in [0.2, 0.25) is 5.91 Å². The molecule has 1 fully saturated rings. The van der Waals surface area contributed by atoms with Gasteiger partial charge in [0.25, 0.3) is 0 Å². The van der Waals surface area contributed by atoms with Gasteiger partial charge < -0.3 is 20.5 Å². The van der Waals surface area contributed by atoms with E-state index in [1.807, 2.05) is 0 Å². The van der Waals surface area contributed by atoms with Crippen LogP contribution in [0.1, 0.15) is 32.6 Å². The first-order valence-electron chi connectivity index (χ1n) is 6.42. The molecule has 0 aromatic rings. The summed E-state index contributed by atoms with van der Waals surface area (Å²) in [7, 11) is 0. The molecule has 1 rings (SSSR count). The molecule has 1 heterocycles. The number of carbonyl (C=O) groups is 2. The number of rotatable bonds is 6. The second kappa shape index (κ2) is 7.33. The van der Waals surface area contributed by atoms with Crippen LogP contribution in [0.25, 0.3) is 0 Å². The molecule has 0 aromatic carbocycles. The summed E-state index contributed by atoms with van der Waals surface area (Å²) in [4.78, 5) is 24.3. The highest BCUT2D eigenvalue weighted by atomic mass is 16.5. The molecule has 0 spiro atoms. The maximum atomic E-state index is 12.0. The largest absolute Gasteiger partial charge is 0.481 e. The highest BCUT2D eigenvalue weighted by molar-refractivity contribution is 5.81. The first-order chi connectivity index (χ1) is 8.54. The zero-order chi connectivity index (χ0) is 13.5. The zero-order valence-electron chi connectivity index (χ0n) is 10.8. The van der Waals surface area contributed by atoms with Crippen molar-refractivity contribution in [2.24, 2.45) is 5.73 Å². The molecule has 3 N–H and O–H groups in total. The van der Waals surface area contributed by atoms with Gasteiger partial charge in [0.1, 0.15) is 0 Å². The Labute approximate surface area is 107 Å². The molecule has 6 heteroatoms. The van der Waals surface area contributed by atoms with Gasteiger partial charge >= 0.3 is 5.97 Å². The van der Waals surface area contributed by atoms with Crippen LogP contribution in [0.5, 0.6) is 0 Å². The number of hydrogen-bond acceptors (Lipinski definition) is 4. The average Bonchev–Trinajstić information content (AvgIpc) is 2.34. The second-order valence-electron chi connectivity index (χ2n) is 4.62. The standard InChI is InChI=1S/C12H22N2O4/c1-2-3-4-10(13)12(17)14-5-6-18-9(8-14)7-11(15)16/h9-10H,2-8,13H2,1H3,(H,15,16). The van der Waals surface area contributed by atoms with Crippen LogP contribution < -0.4 is 5.73 Å². The lowest BCUT2D eigenvalue weighted by Gasteiger charge is -2.33. The molecule has 6 nitrogen and oxygen atoms in total. The van der Waals surface area contributed by atoms with Crippen LogP contribution in [0.4, 0.5) is 0 Å². The fraction of sp³-hybridized carbons (Fsp3) is 0.833. The minimum absolute atomic E-state index is 0.0754. The zero-order valence-corrected chi connectivity index (χ0v) is 10.8. The molecule has 0 bridgehead atoms. The molecule has 104 valence electrons. The van der Waals surface area contributed by atoms with Crippen molar-refractivity contribution in [2.45, 2.75) is 44.8 Å². The lowest BCUT2D eigenvalue weighted by Crippen LogP contribution is -2.51. The summed E-state index contributed by atoms with van der Waals surface area (Å²) >= 11 is 0. The summed E-state index contributed by atoms with van der Waals surface area (Å²) in [5.41, 5.74) is 5.83. The van der Waals surface area contributed by atoms with Crippen molar-refractivity contribution in [3.8, 4) is 0 Å². The predicted molar refractivity (Wildman–Crippen MR) is 66.1 cm³/mol. The third kappa shape index (κ3) is 4.62. The van der Waals surface area contributed by atoms with Gasteiger partial charge in [-0.1, -0.05) is 19.8 Å². The van der Waals surface area contributed by atoms with Gasteiger partial charge in [-0.25, -0.2) is 0 Å². The third-order valence-corrected chi connectivity index (χ3v) is 3.04. The summed E-state index contributed by atoms with van der Waals surface area (Å²) < 4.78 is 5.31. The number of nitrogens with zero attached hydrogens (tertiary/aromatic N) is 1. The van der Waals surface area contributed by atoms with Gasteiger partial charge in [-0.3, -0.25) is 9.59 Å². The van der Waals surface area contributed by atoms with Gasteiger partial charge in [0, 0.05) is 13.1 Å². The summed E-state index contributed by atoms with van der Waals surface area (Å²) in [5, 5.41) is 8.71. The molecule has 0 saturated carbocycles. The number of carboxylic acids is 1. The molecule has 1 saturated heterocycles. The number of unbranched alkanes of at least 4 members (excludes halogenated alkanes) is 1. The summed E-state index contributed by atoms with van der Waals surface area (Å²) in [6.07, 6.45) is 2.12. The summed E-state index contributed by atoms with van der Waals surface area (Å²) in [6.45, 7) is 3.25. The third-order valence-electron chi connectivity index (χ3n) is 3.04. The number of aliphatic carboxylic acids is 1. The number of carbonyl (C=O) groups excluding carboxylic acids is 1. The number of morpholine rings is 1. The van der Waals surface area contributed by atoms with Crippen molar-refractivity contribution in [2.75, 3.05) is 19.7 Å². The van der Waals surface area contributed by atoms with Crippen molar-refractivity contribution in [3.05, 3.63) is 0 Å². The molecule has 0 radical (unpaired) electrons. The van der Waals surface area contributed by atoms with Crippen LogP contribution in [0.15, 0.2) is 0 Å². The van der Waals surface area contributed by atoms with Crippen molar-refractivity contribution in [1.29, 1.82) is 0 Å². The molecular weight excluding hydrogens is 236 g/mol. The topological polar surface area (TPSA) is 92.9 Å². The molecule has 18 heavy (non-hydrogen) atoms. The Morgan fingerprint density at radius 3 is 2.89 bits per heavy atom. The number of carboxylic acid groups (broad SMARTS) is 1. The maximum absolute atomic E-state index is 12.0. The molecule has 2 atom stereocenters. The van der Waals surface area contributed by atoms with Gasteiger partial charge in [-0.15, -0.1) is 0 Å². The lowest BCUT2D eigenvalue weighted by atomic mass is 10.1. The van der Waals surface area contributed by atoms with E-state index in [0.29, 0.717) is 26.1 Å². The number of nitrogens with two attached hydrogens (primary N) is 1. The molecule has 1 aliphatic rings. The minimum Gasteiger partial charge on any atom is -0.481 e. The minimum atomic E-state index is -0.912. The molecule has 2 unspecified atom stereocenters. The predicted octanol–water partition coefficient (Wildman–Crippen LogP) is 0.206. The van der Waals surface area contributed by atoms with Crippen LogP contribution in [0, 0.1) is 0 Å². The Morgan fingerprint density at radius 1 is 1.56 bits per heavy atom. The van der Waals surface area contributed by atoms with E-state index in [2.05, 4.69) is 6.92 Å². The van der Waals surface area contributed by atoms with Gasteiger partial charge in [0.05, 0.1) is 25.2 Å². The Hall–Kier alpha value is -1.14. The lowest BCUT2D eigenvalue weighted by molar-refractivity contribution is -0.148. The fourth-order valence-electron chi connectivity index (χ4n) is 2.02. The van der Waals surface area contributed by atoms with E-state index >= 15 is 0 Å². The van der Waals surface area contributed by atoms with E-state index < -0.39 is 18.1 Å². The second-order valence-corrected chi connectivity index (χ2v) is 4.62. The quantitative estimate of drug-likeness (QED) is 0.710. The fourth-order valence-corrected chi connectivity index (χ4v) is 2.02. The number of hydrogen-bond donors (Lipinski definition) is 2. The van der Waals surface area contributed by atoms with Crippen LogP contribution in [0.2, 0.25) is 0 Å². The Balaban J connectivity index is 2.44.